The second-order valence-electron chi connectivity index (χ2n) is 6.99. The Morgan fingerprint density at radius 2 is 1.56 bits per heavy atom. The molecule has 0 amide bonds. The van der Waals surface area contributed by atoms with Crippen LogP contribution in [0.25, 0.3) is 0 Å². The first kappa shape index (κ1) is 18.5. The van der Waals surface area contributed by atoms with E-state index in [-0.39, 0.29) is 23.9 Å². The zero-order valence-electron chi connectivity index (χ0n) is 14.8. The minimum Gasteiger partial charge on any atom is -0.373 e. The van der Waals surface area contributed by atoms with Crippen molar-refractivity contribution in [3.05, 3.63) is 35.9 Å². The fourth-order valence-corrected chi connectivity index (χ4v) is 5.46. The number of ether oxygens (including phenoxy) is 1. The SMILES string of the molecule is CC1CN(S(=O)(=O)N2CCC(C(=O)c3ccccc3)CC2)CC(C)O1. The molecular weight excluding hydrogens is 340 g/mol. The van der Waals surface area contributed by atoms with Crippen LogP contribution < -0.4 is 0 Å². The molecule has 2 unspecified atom stereocenters. The number of hydrogen-bond acceptors (Lipinski definition) is 4. The van der Waals surface area contributed by atoms with Crippen molar-refractivity contribution in [1.82, 2.24) is 8.61 Å². The number of nitrogens with zero attached hydrogens (tertiary/aromatic N) is 2. The summed E-state index contributed by atoms with van der Waals surface area (Å²) >= 11 is 0. The molecule has 2 heterocycles. The molecule has 0 bridgehead atoms. The average molecular weight is 366 g/mol. The van der Waals surface area contributed by atoms with E-state index in [1.54, 1.807) is 0 Å². The van der Waals surface area contributed by atoms with Crippen LogP contribution in [0.2, 0.25) is 0 Å². The molecule has 7 heteroatoms. The molecule has 1 aromatic carbocycles. The summed E-state index contributed by atoms with van der Waals surface area (Å²) < 4.78 is 34.4. The van der Waals surface area contributed by atoms with Gasteiger partial charge < -0.3 is 4.74 Å². The minimum absolute atomic E-state index is 0.101. The third kappa shape index (κ3) is 4.11. The van der Waals surface area contributed by atoms with Gasteiger partial charge in [0.1, 0.15) is 0 Å². The van der Waals surface area contributed by atoms with Gasteiger partial charge in [-0.2, -0.15) is 17.0 Å². The highest BCUT2D eigenvalue weighted by Gasteiger charge is 2.38. The first-order valence-corrected chi connectivity index (χ1v) is 10.3. The van der Waals surface area contributed by atoms with Crippen LogP contribution in [0.1, 0.15) is 37.0 Å². The quantitative estimate of drug-likeness (QED) is 0.764. The second kappa shape index (κ2) is 7.53. The van der Waals surface area contributed by atoms with Gasteiger partial charge in [-0.05, 0) is 26.7 Å². The van der Waals surface area contributed by atoms with Crippen LogP contribution in [0.15, 0.2) is 30.3 Å². The zero-order chi connectivity index (χ0) is 18.0. The molecule has 2 aliphatic rings. The average Bonchev–Trinajstić information content (AvgIpc) is 2.61. The Morgan fingerprint density at radius 3 is 2.12 bits per heavy atom. The normalized spacial score (nSPS) is 27.3. The standard InChI is InChI=1S/C18H26N2O4S/c1-14-12-20(13-15(2)24-14)25(22,23)19-10-8-17(9-11-19)18(21)16-6-4-3-5-7-16/h3-7,14-15,17H,8-13H2,1-2H3. The van der Waals surface area contributed by atoms with Crippen LogP contribution in [-0.4, -0.2) is 61.2 Å². The van der Waals surface area contributed by atoms with Crippen LogP contribution >= 0.6 is 0 Å². The van der Waals surface area contributed by atoms with Crippen LogP contribution in [-0.2, 0) is 14.9 Å². The Labute approximate surface area is 149 Å². The van der Waals surface area contributed by atoms with Crippen LogP contribution in [0, 0.1) is 5.92 Å². The number of ketones is 1. The molecule has 2 aliphatic heterocycles. The number of Topliss-reactive ketones (excluding diaryl/α,β-unsaturated/α-hetero) is 1. The second-order valence-corrected chi connectivity index (χ2v) is 8.91. The van der Waals surface area contributed by atoms with E-state index in [9.17, 15) is 13.2 Å². The number of morpholine rings is 1. The van der Waals surface area contributed by atoms with Crippen molar-refractivity contribution >= 4 is 16.0 Å². The largest absolute Gasteiger partial charge is 0.373 e. The van der Waals surface area contributed by atoms with Crippen molar-refractivity contribution in [2.75, 3.05) is 26.2 Å². The molecule has 0 aliphatic carbocycles. The predicted octanol–water partition coefficient (Wildman–Crippen LogP) is 1.94. The lowest BCUT2D eigenvalue weighted by Gasteiger charge is -2.39. The Balaban J connectivity index is 1.62. The van der Waals surface area contributed by atoms with Crippen LogP contribution in [0.3, 0.4) is 0 Å². The topological polar surface area (TPSA) is 66.9 Å². The first-order chi connectivity index (χ1) is 11.9. The summed E-state index contributed by atoms with van der Waals surface area (Å²) in [6.45, 7) is 5.34. The molecule has 2 fully saturated rings. The van der Waals surface area contributed by atoms with E-state index in [0.29, 0.717) is 44.6 Å². The molecule has 0 radical (unpaired) electrons. The van der Waals surface area contributed by atoms with Gasteiger partial charge in [-0.3, -0.25) is 4.79 Å². The van der Waals surface area contributed by atoms with E-state index in [0.717, 1.165) is 0 Å². The molecule has 138 valence electrons. The number of carbonyl (C=O) groups excluding carboxylic acids is 1. The molecule has 2 atom stereocenters. The summed E-state index contributed by atoms with van der Waals surface area (Å²) in [6, 6.07) is 9.24. The fourth-order valence-electron chi connectivity index (χ4n) is 3.67. The Morgan fingerprint density at radius 1 is 1.00 bits per heavy atom. The van der Waals surface area contributed by atoms with Gasteiger partial charge in [0.25, 0.3) is 10.2 Å². The lowest BCUT2D eigenvalue weighted by atomic mass is 9.90. The van der Waals surface area contributed by atoms with Gasteiger partial charge in [-0.25, -0.2) is 0 Å². The van der Waals surface area contributed by atoms with E-state index in [1.807, 2.05) is 44.2 Å². The highest BCUT2D eigenvalue weighted by atomic mass is 32.2. The molecule has 6 nitrogen and oxygen atoms in total. The number of benzene rings is 1. The summed E-state index contributed by atoms with van der Waals surface area (Å²) in [6.07, 6.45) is 0.941. The van der Waals surface area contributed by atoms with Gasteiger partial charge in [0.15, 0.2) is 5.78 Å². The van der Waals surface area contributed by atoms with Crippen LogP contribution in [0.5, 0.6) is 0 Å². The number of rotatable bonds is 4. The molecule has 1 aromatic rings. The van der Waals surface area contributed by atoms with E-state index in [1.165, 1.54) is 8.61 Å². The van der Waals surface area contributed by atoms with E-state index >= 15 is 0 Å². The van der Waals surface area contributed by atoms with Crippen molar-refractivity contribution in [2.24, 2.45) is 5.92 Å². The van der Waals surface area contributed by atoms with Crippen molar-refractivity contribution in [2.45, 2.75) is 38.9 Å². The molecule has 2 saturated heterocycles. The lowest BCUT2D eigenvalue weighted by Crippen LogP contribution is -2.54. The third-order valence-corrected chi connectivity index (χ3v) is 6.89. The predicted molar refractivity (Wildman–Crippen MR) is 95.6 cm³/mol. The maximum atomic E-state index is 12.9. The number of hydrogen-bond donors (Lipinski definition) is 0. The Bertz CT molecular complexity index is 689. The number of carbonyl (C=O) groups is 1. The lowest BCUT2D eigenvalue weighted by molar-refractivity contribution is -0.0456. The minimum atomic E-state index is -3.49. The van der Waals surface area contributed by atoms with Gasteiger partial charge in [0.2, 0.25) is 0 Å². The molecule has 0 aromatic heterocycles. The molecule has 3 rings (SSSR count). The van der Waals surface area contributed by atoms with Crippen molar-refractivity contribution in [3.8, 4) is 0 Å². The zero-order valence-corrected chi connectivity index (χ0v) is 15.6. The smallest absolute Gasteiger partial charge is 0.282 e. The van der Waals surface area contributed by atoms with Gasteiger partial charge in [0, 0.05) is 37.7 Å². The van der Waals surface area contributed by atoms with E-state index in [4.69, 9.17) is 4.74 Å². The monoisotopic (exact) mass is 366 g/mol. The van der Waals surface area contributed by atoms with Crippen molar-refractivity contribution in [1.29, 1.82) is 0 Å². The molecule has 0 spiro atoms. The number of piperidine rings is 1. The van der Waals surface area contributed by atoms with Gasteiger partial charge in [-0.15, -0.1) is 0 Å². The fraction of sp³-hybridized carbons (Fsp3) is 0.611. The molecule has 0 N–H and O–H groups in total. The van der Waals surface area contributed by atoms with Crippen LogP contribution in [0.4, 0.5) is 0 Å². The third-order valence-electron chi connectivity index (χ3n) is 4.92. The molecule has 25 heavy (non-hydrogen) atoms. The maximum absolute atomic E-state index is 12.9. The molecule has 0 saturated carbocycles. The summed E-state index contributed by atoms with van der Waals surface area (Å²) in [4.78, 5) is 12.5. The van der Waals surface area contributed by atoms with E-state index in [2.05, 4.69) is 0 Å². The first-order valence-electron chi connectivity index (χ1n) is 8.88. The van der Waals surface area contributed by atoms with E-state index < -0.39 is 10.2 Å². The van der Waals surface area contributed by atoms with Crippen molar-refractivity contribution < 1.29 is 17.9 Å². The van der Waals surface area contributed by atoms with Gasteiger partial charge in [0.05, 0.1) is 12.2 Å². The summed E-state index contributed by atoms with van der Waals surface area (Å²) in [5, 5.41) is 0. The highest BCUT2D eigenvalue weighted by molar-refractivity contribution is 7.86. The summed E-state index contributed by atoms with van der Waals surface area (Å²) in [5.74, 6) is 0.0163. The molecular formula is C18H26N2O4S. The van der Waals surface area contributed by atoms with Gasteiger partial charge >= 0.3 is 0 Å². The van der Waals surface area contributed by atoms with Gasteiger partial charge in [-0.1, -0.05) is 30.3 Å². The highest BCUT2D eigenvalue weighted by Crippen LogP contribution is 2.26. The Kier molecular flexibility index (Phi) is 5.58. The van der Waals surface area contributed by atoms with Crippen molar-refractivity contribution in [3.63, 3.8) is 0 Å². The summed E-state index contributed by atoms with van der Waals surface area (Å²) in [5.41, 5.74) is 0.708. The Hall–Kier alpha value is -1.28. The summed E-state index contributed by atoms with van der Waals surface area (Å²) in [7, 11) is -3.49. The maximum Gasteiger partial charge on any atom is 0.282 e.